The van der Waals surface area contributed by atoms with E-state index in [-0.39, 0.29) is 5.41 Å². The molecule has 2 rings (SSSR count). The third-order valence-electron chi connectivity index (χ3n) is 3.38. The van der Waals surface area contributed by atoms with Crippen LogP contribution in [0.3, 0.4) is 0 Å². The average Bonchev–Trinajstić information content (AvgIpc) is 2.41. The van der Waals surface area contributed by atoms with E-state index in [0.29, 0.717) is 11.4 Å². The zero-order chi connectivity index (χ0) is 15.6. The molecular weight excluding hydrogens is 262 g/mol. The van der Waals surface area contributed by atoms with E-state index < -0.39 is 0 Å². The standard InChI is InChI=1S/C18H23NO2/c1-12-6-8-16(14(10-12)18(2,3)4)21-17-9-7-13(20-5)11-15(17)19/h6-11H,19H2,1-5H3. The van der Waals surface area contributed by atoms with Crippen molar-refractivity contribution in [1.82, 2.24) is 0 Å². The first-order valence-electron chi connectivity index (χ1n) is 7.04. The molecule has 0 aliphatic heterocycles. The summed E-state index contributed by atoms with van der Waals surface area (Å²) in [6.45, 7) is 8.60. The predicted octanol–water partition coefficient (Wildman–Crippen LogP) is 4.68. The van der Waals surface area contributed by atoms with Crippen LogP contribution in [0.25, 0.3) is 0 Å². The number of aryl methyl sites for hydroxylation is 1. The molecular formula is C18H23NO2. The fraction of sp³-hybridized carbons (Fsp3) is 0.333. The fourth-order valence-corrected chi connectivity index (χ4v) is 2.18. The molecule has 0 amide bonds. The van der Waals surface area contributed by atoms with Gasteiger partial charge in [0.1, 0.15) is 11.5 Å². The summed E-state index contributed by atoms with van der Waals surface area (Å²) in [4.78, 5) is 0. The molecule has 0 radical (unpaired) electrons. The molecule has 0 aliphatic rings. The van der Waals surface area contributed by atoms with Crippen LogP contribution in [-0.2, 0) is 5.41 Å². The lowest BCUT2D eigenvalue weighted by atomic mass is 9.85. The number of benzene rings is 2. The van der Waals surface area contributed by atoms with Gasteiger partial charge in [-0.05, 0) is 30.5 Å². The Labute approximate surface area is 126 Å². The van der Waals surface area contributed by atoms with Crippen molar-refractivity contribution in [2.75, 3.05) is 12.8 Å². The lowest BCUT2D eigenvalue weighted by Gasteiger charge is -2.23. The summed E-state index contributed by atoms with van der Waals surface area (Å²) < 4.78 is 11.2. The average molecular weight is 285 g/mol. The zero-order valence-electron chi connectivity index (χ0n) is 13.4. The van der Waals surface area contributed by atoms with Crippen molar-refractivity contribution < 1.29 is 9.47 Å². The highest BCUT2D eigenvalue weighted by Crippen LogP contribution is 2.37. The van der Waals surface area contributed by atoms with Gasteiger partial charge in [0, 0.05) is 11.6 Å². The molecule has 0 unspecified atom stereocenters. The zero-order valence-corrected chi connectivity index (χ0v) is 13.4. The number of nitrogen functional groups attached to an aromatic ring is 1. The summed E-state index contributed by atoms with van der Waals surface area (Å²) in [5, 5.41) is 0. The first kappa shape index (κ1) is 15.2. The van der Waals surface area contributed by atoms with E-state index in [2.05, 4.69) is 33.8 Å². The van der Waals surface area contributed by atoms with E-state index in [1.807, 2.05) is 24.3 Å². The third kappa shape index (κ3) is 3.48. The number of ether oxygens (including phenoxy) is 2. The second kappa shape index (κ2) is 5.68. The summed E-state index contributed by atoms with van der Waals surface area (Å²) in [5.41, 5.74) is 8.98. The van der Waals surface area contributed by atoms with E-state index in [9.17, 15) is 0 Å². The lowest BCUT2D eigenvalue weighted by molar-refractivity contribution is 0.412. The van der Waals surface area contributed by atoms with Crippen LogP contribution >= 0.6 is 0 Å². The molecule has 3 heteroatoms. The van der Waals surface area contributed by atoms with Crippen LogP contribution in [0.4, 0.5) is 5.69 Å². The van der Waals surface area contributed by atoms with Gasteiger partial charge in [-0.3, -0.25) is 0 Å². The normalized spacial score (nSPS) is 11.3. The molecule has 112 valence electrons. The molecule has 0 aliphatic carbocycles. The Bertz CT molecular complexity index is 642. The van der Waals surface area contributed by atoms with Crippen LogP contribution in [0.2, 0.25) is 0 Å². The van der Waals surface area contributed by atoms with Crippen LogP contribution in [-0.4, -0.2) is 7.11 Å². The number of hydrogen-bond acceptors (Lipinski definition) is 3. The molecule has 0 spiro atoms. The molecule has 0 saturated carbocycles. The fourth-order valence-electron chi connectivity index (χ4n) is 2.18. The second-order valence-corrected chi connectivity index (χ2v) is 6.26. The molecule has 2 aromatic carbocycles. The molecule has 0 fully saturated rings. The van der Waals surface area contributed by atoms with Crippen molar-refractivity contribution in [3.05, 3.63) is 47.5 Å². The highest BCUT2D eigenvalue weighted by molar-refractivity contribution is 5.58. The van der Waals surface area contributed by atoms with E-state index >= 15 is 0 Å². The quantitative estimate of drug-likeness (QED) is 0.833. The Hall–Kier alpha value is -2.16. The van der Waals surface area contributed by atoms with Crippen molar-refractivity contribution in [3.63, 3.8) is 0 Å². The maximum Gasteiger partial charge on any atom is 0.150 e. The summed E-state index contributed by atoms with van der Waals surface area (Å²) >= 11 is 0. The summed E-state index contributed by atoms with van der Waals surface area (Å²) in [7, 11) is 1.62. The van der Waals surface area contributed by atoms with Crippen molar-refractivity contribution in [2.24, 2.45) is 0 Å². The van der Waals surface area contributed by atoms with Gasteiger partial charge in [0.05, 0.1) is 12.8 Å². The smallest absolute Gasteiger partial charge is 0.150 e. The number of nitrogens with two attached hydrogens (primary N) is 1. The predicted molar refractivity (Wildman–Crippen MR) is 87.4 cm³/mol. The highest BCUT2D eigenvalue weighted by Gasteiger charge is 2.20. The van der Waals surface area contributed by atoms with Crippen molar-refractivity contribution in [1.29, 1.82) is 0 Å². The largest absolute Gasteiger partial charge is 0.497 e. The minimum Gasteiger partial charge on any atom is -0.497 e. The molecule has 3 nitrogen and oxygen atoms in total. The Morgan fingerprint density at radius 3 is 2.19 bits per heavy atom. The second-order valence-electron chi connectivity index (χ2n) is 6.26. The maximum atomic E-state index is 6.04. The Balaban J connectivity index is 2.40. The van der Waals surface area contributed by atoms with E-state index in [4.69, 9.17) is 15.2 Å². The minimum atomic E-state index is 0.00257. The summed E-state index contributed by atoms with van der Waals surface area (Å²) in [6, 6.07) is 11.6. The maximum absolute atomic E-state index is 6.04. The van der Waals surface area contributed by atoms with Gasteiger partial charge in [0.15, 0.2) is 5.75 Å². The molecule has 21 heavy (non-hydrogen) atoms. The number of methoxy groups -OCH3 is 1. The molecule has 0 heterocycles. The molecule has 0 bridgehead atoms. The van der Waals surface area contributed by atoms with Crippen LogP contribution in [0.5, 0.6) is 17.2 Å². The first-order valence-corrected chi connectivity index (χ1v) is 7.04. The number of rotatable bonds is 3. The Morgan fingerprint density at radius 1 is 0.952 bits per heavy atom. The number of anilines is 1. The highest BCUT2D eigenvalue weighted by atomic mass is 16.5. The van der Waals surface area contributed by atoms with Crippen LogP contribution < -0.4 is 15.2 Å². The van der Waals surface area contributed by atoms with Crippen molar-refractivity contribution >= 4 is 5.69 Å². The lowest BCUT2D eigenvalue weighted by Crippen LogP contribution is -2.13. The van der Waals surface area contributed by atoms with Gasteiger partial charge in [0.2, 0.25) is 0 Å². The molecule has 0 saturated heterocycles. The minimum absolute atomic E-state index is 0.00257. The van der Waals surface area contributed by atoms with E-state index in [0.717, 1.165) is 17.1 Å². The Kier molecular flexibility index (Phi) is 4.12. The van der Waals surface area contributed by atoms with E-state index in [1.165, 1.54) is 5.56 Å². The Morgan fingerprint density at radius 2 is 1.62 bits per heavy atom. The number of hydrogen-bond donors (Lipinski definition) is 1. The van der Waals surface area contributed by atoms with Gasteiger partial charge in [-0.2, -0.15) is 0 Å². The summed E-state index contributed by atoms with van der Waals surface area (Å²) in [5.74, 6) is 2.20. The van der Waals surface area contributed by atoms with E-state index in [1.54, 1.807) is 13.2 Å². The van der Waals surface area contributed by atoms with Gasteiger partial charge >= 0.3 is 0 Å². The topological polar surface area (TPSA) is 44.5 Å². The monoisotopic (exact) mass is 285 g/mol. The van der Waals surface area contributed by atoms with Crippen molar-refractivity contribution in [2.45, 2.75) is 33.1 Å². The van der Waals surface area contributed by atoms with Crippen LogP contribution in [0.15, 0.2) is 36.4 Å². The van der Waals surface area contributed by atoms with Gasteiger partial charge in [-0.25, -0.2) is 0 Å². The molecule has 2 N–H and O–H groups in total. The summed E-state index contributed by atoms with van der Waals surface area (Å²) in [6.07, 6.45) is 0. The van der Waals surface area contributed by atoms with Gasteiger partial charge in [-0.15, -0.1) is 0 Å². The van der Waals surface area contributed by atoms with Gasteiger partial charge < -0.3 is 15.2 Å². The molecule has 0 atom stereocenters. The molecule has 2 aromatic rings. The third-order valence-corrected chi connectivity index (χ3v) is 3.38. The van der Waals surface area contributed by atoms with Crippen LogP contribution in [0.1, 0.15) is 31.9 Å². The van der Waals surface area contributed by atoms with Crippen LogP contribution in [0, 0.1) is 6.92 Å². The van der Waals surface area contributed by atoms with Gasteiger partial charge in [-0.1, -0.05) is 38.5 Å². The van der Waals surface area contributed by atoms with Crippen molar-refractivity contribution in [3.8, 4) is 17.2 Å². The molecule has 0 aromatic heterocycles. The first-order chi connectivity index (χ1) is 9.81. The SMILES string of the molecule is COc1ccc(Oc2ccc(C)cc2C(C)(C)C)c(N)c1. The van der Waals surface area contributed by atoms with Gasteiger partial charge in [0.25, 0.3) is 0 Å².